The van der Waals surface area contributed by atoms with E-state index in [1.54, 1.807) is 6.20 Å². The first-order valence-corrected chi connectivity index (χ1v) is 6.37. The molecule has 0 saturated heterocycles. The molecule has 3 N–H and O–H groups in total. The molecule has 1 aromatic rings. The summed E-state index contributed by atoms with van der Waals surface area (Å²) in [7, 11) is 0. The number of aliphatic carboxylic acids is 1. The van der Waals surface area contributed by atoms with E-state index >= 15 is 0 Å². The zero-order chi connectivity index (χ0) is 14.1. The molecule has 2 amide bonds. The second kappa shape index (κ2) is 8.12. The number of imidazole rings is 1. The predicted octanol–water partition coefficient (Wildman–Crippen LogP) is 0.609. The summed E-state index contributed by atoms with van der Waals surface area (Å²) in [6, 6.07) is -0.331. The summed E-state index contributed by atoms with van der Waals surface area (Å²) in [4.78, 5) is 25.7. The first-order valence-electron chi connectivity index (χ1n) is 6.37. The molecule has 0 spiro atoms. The zero-order valence-electron chi connectivity index (χ0n) is 11.1. The summed E-state index contributed by atoms with van der Waals surface area (Å²) in [5.41, 5.74) is 0. The van der Waals surface area contributed by atoms with Crippen molar-refractivity contribution in [1.29, 1.82) is 0 Å². The van der Waals surface area contributed by atoms with Crippen molar-refractivity contribution in [2.75, 3.05) is 13.1 Å². The van der Waals surface area contributed by atoms with Gasteiger partial charge < -0.3 is 20.3 Å². The van der Waals surface area contributed by atoms with Crippen molar-refractivity contribution in [2.45, 2.75) is 32.7 Å². The third kappa shape index (κ3) is 5.89. The van der Waals surface area contributed by atoms with Gasteiger partial charge in [-0.1, -0.05) is 6.92 Å². The Morgan fingerprint density at radius 1 is 1.37 bits per heavy atom. The van der Waals surface area contributed by atoms with Gasteiger partial charge in [-0.2, -0.15) is 0 Å². The van der Waals surface area contributed by atoms with Crippen LogP contribution in [0.2, 0.25) is 0 Å². The smallest absolute Gasteiger partial charge is 0.314 e. The highest BCUT2D eigenvalue weighted by Gasteiger charge is 2.02. The SMILES string of the molecule is CCc1nccn1CCCNC(=O)NCCC(=O)O. The Kier molecular flexibility index (Phi) is 6.42. The number of urea groups is 1. The first-order chi connectivity index (χ1) is 9.13. The van der Waals surface area contributed by atoms with Crippen molar-refractivity contribution in [2.24, 2.45) is 0 Å². The molecule has 106 valence electrons. The molecule has 0 bridgehead atoms. The van der Waals surface area contributed by atoms with Crippen LogP contribution in [-0.4, -0.2) is 39.7 Å². The van der Waals surface area contributed by atoms with Gasteiger partial charge in [0.2, 0.25) is 0 Å². The lowest BCUT2D eigenvalue weighted by Gasteiger charge is -2.08. The fraction of sp³-hybridized carbons (Fsp3) is 0.583. The van der Waals surface area contributed by atoms with Gasteiger partial charge in [0, 0.05) is 38.4 Å². The van der Waals surface area contributed by atoms with Crippen LogP contribution in [0.1, 0.15) is 25.6 Å². The highest BCUT2D eigenvalue weighted by Crippen LogP contribution is 1.99. The highest BCUT2D eigenvalue weighted by molar-refractivity contribution is 5.74. The summed E-state index contributed by atoms with van der Waals surface area (Å²) in [6.45, 7) is 3.54. The molecule has 1 rings (SSSR count). The van der Waals surface area contributed by atoms with E-state index in [4.69, 9.17) is 5.11 Å². The van der Waals surface area contributed by atoms with Gasteiger partial charge in [-0.15, -0.1) is 0 Å². The van der Waals surface area contributed by atoms with Crippen molar-refractivity contribution in [3.8, 4) is 0 Å². The third-order valence-electron chi connectivity index (χ3n) is 2.60. The molecule has 7 heteroatoms. The molecule has 0 aliphatic carbocycles. The highest BCUT2D eigenvalue weighted by atomic mass is 16.4. The largest absolute Gasteiger partial charge is 0.481 e. The summed E-state index contributed by atoms with van der Waals surface area (Å²) in [5.74, 6) is 0.110. The van der Waals surface area contributed by atoms with Crippen LogP contribution in [0.4, 0.5) is 4.79 Å². The van der Waals surface area contributed by atoms with Crippen molar-refractivity contribution in [3.05, 3.63) is 18.2 Å². The maximum atomic E-state index is 11.3. The number of carboxylic acids is 1. The number of nitrogens with zero attached hydrogens (tertiary/aromatic N) is 2. The number of aromatic nitrogens is 2. The summed E-state index contributed by atoms with van der Waals surface area (Å²) in [6.07, 6.45) is 5.31. The second-order valence-electron chi connectivity index (χ2n) is 4.07. The summed E-state index contributed by atoms with van der Waals surface area (Å²) in [5, 5.41) is 13.6. The first kappa shape index (κ1) is 15.0. The van der Waals surface area contributed by atoms with Crippen LogP contribution in [0.3, 0.4) is 0 Å². The van der Waals surface area contributed by atoms with Crippen LogP contribution in [0.25, 0.3) is 0 Å². The Hall–Kier alpha value is -2.05. The average molecular weight is 268 g/mol. The molecule has 0 fully saturated rings. The topological polar surface area (TPSA) is 96.3 Å². The lowest BCUT2D eigenvalue weighted by molar-refractivity contribution is -0.136. The number of carbonyl (C=O) groups excluding carboxylic acids is 1. The van der Waals surface area contributed by atoms with Gasteiger partial charge in [0.1, 0.15) is 5.82 Å². The van der Waals surface area contributed by atoms with E-state index in [0.29, 0.717) is 6.54 Å². The van der Waals surface area contributed by atoms with Crippen molar-refractivity contribution >= 4 is 12.0 Å². The number of aryl methyl sites for hydroxylation is 2. The number of rotatable bonds is 8. The predicted molar refractivity (Wildman–Crippen MR) is 69.9 cm³/mol. The molecule has 0 aliphatic rings. The standard InChI is InChI=1S/C12H20N4O3/c1-2-10-13-7-9-16(10)8-3-5-14-12(19)15-6-4-11(17)18/h7,9H,2-6,8H2,1H3,(H,17,18)(H2,14,15,19). The Balaban J connectivity index is 2.10. The number of carbonyl (C=O) groups is 2. The van der Waals surface area contributed by atoms with Crippen LogP contribution in [0, 0.1) is 0 Å². The molecule has 7 nitrogen and oxygen atoms in total. The Morgan fingerprint density at radius 2 is 2.11 bits per heavy atom. The summed E-state index contributed by atoms with van der Waals surface area (Å²) < 4.78 is 2.06. The third-order valence-corrected chi connectivity index (χ3v) is 2.60. The molecule has 0 atom stereocenters. The number of nitrogens with one attached hydrogen (secondary N) is 2. The van der Waals surface area contributed by atoms with Gasteiger partial charge in [-0.3, -0.25) is 4.79 Å². The van der Waals surface area contributed by atoms with Gasteiger partial charge >= 0.3 is 12.0 Å². The van der Waals surface area contributed by atoms with Crippen molar-refractivity contribution in [1.82, 2.24) is 20.2 Å². The Bertz CT molecular complexity index is 417. The van der Waals surface area contributed by atoms with Crippen LogP contribution >= 0.6 is 0 Å². The minimum absolute atomic E-state index is 0.0671. The van der Waals surface area contributed by atoms with E-state index in [1.807, 2.05) is 13.1 Å². The van der Waals surface area contributed by atoms with Gasteiger partial charge in [0.15, 0.2) is 0 Å². The van der Waals surface area contributed by atoms with Gasteiger partial charge in [0.05, 0.1) is 6.42 Å². The van der Waals surface area contributed by atoms with Gasteiger partial charge in [-0.05, 0) is 6.42 Å². The molecule has 1 aromatic heterocycles. The van der Waals surface area contributed by atoms with Crippen molar-refractivity contribution < 1.29 is 14.7 Å². The number of hydrogen-bond donors (Lipinski definition) is 3. The minimum Gasteiger partial charge on any atom is -0.481 e. The van der Waals surface area contributed by atoms with Crippen LogP contribution in [-0.2, 0) is 17.8 Å². The monoisotopic (exact) mass is 268 g/mol. The molecule has 0 unspecified atom stereocenters. The molecular formula is C12H20N4O3. The van der Waals surface area contributed by atoms with Crippen LogP contribution < -0.4 is 10.6 Å². The maximum Gasteiger partial charge on any atom is 0.314 e. The molecule has 0 aromatic carbocycles. The quantitative estimate of drug-likeness (QED) is 0.602. The fourth-order valence-electron chi connectivity index (χ4n) is 1.65. The molecule has 0 saturated carbocycles. The zero-order valence-corrected chi connectivity index (χ0v) is 11.1. The lowest BCUT2D eigenvalue weighted by Crippen LogP contribution is -2.37. The maximum absolute atomic E-state index is 11.3. The van der Waals surface area contributed by atoms with Gasteiger partial charge in [0.25, 0.3) is 0 Å². The number of hydrogen-bond acceptors (Lipinski definition) is 3. The average Bonchev–Trinajstić information content (AvgIpc) is 2.81. The van der Waals surface area contributed by atoms with E-state index in [2.05, 4.69) is 20.2 Å². The summed E-state index contributed by atoms with van der Waals surface area (Å²) >= 11 is 0. The Morgan fingerprint density at radius 3 is 2.79 bits per heavy atom. The molecule has 1 heterocycles. The van der Waals surface area contributed by atoms with E-state index < -0.39 is 5.97 Å². The van der Waals surface area contributed by atoms with Crippen molar-refractivity contribution in [3.63, 3.8) is 0 Å². The Labute approximate surface area is 112 Å². The van der Waals surface area contributed by atoms with Crippen LogP contribution in [0.15, 0.2) is 12.4 Å². The van der Waals surface area contributed by atoms with E-state index in [-0.39, 0.29) is 19.0 Å². The molecule has 0 radical (unpaired) electrons. The molecule has 19 heavy (non-hydrogen) atoms. The van der Waals surface area contributed by atoms with Crippen LogP contribution in [0.5, 0.6) is 0 Å². The number of amides is 2. The number of carboxylic acid groups (broad SMARTS) is 1. The minimum atomic E-state index is -0.924. The molecule has 0 aliphatic heterocycles. The fourth-order valence-corrected chi connectivity index (χ4v) is 1.65. The van der Waals surface area contributed by atoms with E-state index in [0.717, 1.165) is 25.2 Å². The normalized spacial score (nSPS) is 10.2. The second-order valence-corrected chi connectivity index (χ2v) is 4.07. The van der Waals surface area contributed by atoms with Gasteiger partial charge in [-0.25, -0.2) is 9.78 Å². The lowest BCUT2D eigenvalue weighted by atomic mass is 10.4. The molecular weight excluding hydrogens is 248 g/mol. The van der Waals surface area contributed by atoms with E-state index in [1.165, 1.54) is 0 Å². The van der Waals surface area contributed by atoms with E-state index in [9.17, 15) is 9.59 Å².